The highest BCUT2D eigenvalue weighted by molar-refractivity contribution is 6.41. The van der Waals surface area contributed by atoms with Crippen LogP contribution in [0.15, 0.2) is 31.0 Å². The Hall–Kier alpha value is -3.34. The van der Waals surface area contributed by atoms with Gasteiger partial charge in [0.1, 0.15) is 17.0 Å². The SMILES string of the molecule is C=CC(=O)N[C@H]1COCC1Nc1ncc2cc(-c3c(Cl)c(OC)cc(OC)c3Cl)nc(N3CCC3)c2n1. The van der Waals surface area contributed by atoms with Gasteiger partial charge in [0.15, 0.2) is 5.82 Å². The van der Waals surface area contributed by atoms with Crippen molar-refractivity contribution in [1.29, 1.82) is 0 Å². The first-order valence-electron chi connectivity index (χ1n) is 11.7. The Kier molecular flexibility index (Phi) is 7.23. The zero-order valence-corrected chi connectivity index (χ0v) is 21.9. The summed E-state index contributed by atoms with van der Waals surface area (Å²) in [6.07, 6.45) is 4.02. The Balaban J connectivity index is 1.56. The van der Waals surface area contributed by atoms with Gasteiger partial charge in [-0.3, -0.25) is 4.79 Å². The van der Waals surface area contributed by atoms with Crippen LogP contribution >= 0.6 is 23.2 Å². The van der Waals surface area contributed by atoms with Crippen LogP contribution in [-0.4, -0.2) is 73.5 Å². The van der Waals surface area contributed by atoms with E-state index in [0.717, 1.165) is 24.9 Å². The van der Waals surface area contributed by atoms with E-state index in [1.807, 2.05) is 6.07 Å². The second-order valence-corrected chi connectivity index (χ2v) is 9.45. The van der Waals surface area contributed by atoms with Gasteiger partial charge in [0.2, 0.25) is 11.9 Å². The molecular weight excluding hydrogens is 519 g/mol. The fraction of sp³-hybridized carbons (Fsp3) is 0.360. The summed E-state index contributed by atoms with van der Waals surface area (Å²) in [5.74, 6) is 1.72. The van der Waals surface area contributed by atoms with Gasteiger partial charge in [-0.25, -0.2) is 15.0 Å². The van der Waals surface area contributed by atoms with Gasteiger partial charge in [0.05, 0.1) is 55.3 Å². The zero-order chi connectivity index (χ0) is 26.1. The molecule has 2 aliphatic heterocycles. The molecule has 12 heteroatoms. The molecule has 2 fully saturated rings. The molecule has 37 heavy (non-hydrogen) atoms. The van der Waals surface area contributed by atoms with E-state index in [2.05, 4.69) is 27.1 Å². The molecule has 3 aromatic rings. The number of rotatable bonds is 8. The third kappa shape index (κ3) is 4.84. The van der Waals surface area contributed by atoms with Gasteiger partial charge in [0, 0.05) is 36.3 Å². The van der Waals surface area contributed by atoms with E-state index in [0.29, 0.717) is 63.3 Å². The third-order valence-electron chi connectivity index (χ3n) is 6.44. The van der Waals surface area contributed by atoms with Crippen LogP contribution in [0.25, 0.3) is 22.2 Å². The number of fused-ring (bicyclic) bond motifs is 1. The van der Waals surface area contributed by atoms with E-state index in [-0.39, 0.29) is 18.0 Å². The molecule has 0 radical (unpaired) electrons. The number of methoxy groups -OCH3 is 2. The van der Waals surface area contributed by atoms with Gasteiger partial charge in [-0.1, -0.05) is 29.8 Å². The second kappa shape index (κ2) is 10.6. The van der Waals surface area contributed by atoms with Crippen LogP contribution in [0.1, 0.15) is 6.42 Å². The van der Waals surface area contributed by atoms with Crippen molar-refractivity contribution in [3.63, 3.8) is 0 Å². The van der Waals surface area contributed by atoms with E-state index in [4.69, 9.17) is 47.4 Å². The second-order valence-electron chi connectivity index (χ2n) is 8.69. The van der Waals surface area contributed by atoms with Crippen molar-refractivity contribution < 1.29 is 19.0 Å². The fourth-order valence-electron chi connectivity index (χ4n) is 4.33. The fourth-order valence-corrected chi connectivity index (χ4v) is 5.02. The van der Waals surface area contributed by atoms with Gasteiger partial charge in [-0.2, -0.15) is 0 Å². The van der Waals surface area contributed by atoms with Gasteiger partial charge in [-0.15, -0.1) is 0 Å². The number of hydrogen-bond acceptors (Lipinski definition) is 9. The normalized spacial score (nSPS) is 18.9. The molecule has 4 heterocycles. The van der Waals surface area contributed by atoms with Gasteiger partial charge < -0.3 is 29.7 Å². The van der Waals surface area contributed by atoms with Crippen molar-refractivity contribution >= 4 is 51.8 Å². The number of halogens is 2. The largest absolute Gasteiger partial charge is 0.495 e. The highest BCUT2D eigenvalue weighted by Gasteiger charge is 2.30. The van der Waals surface area contributed by atoms with Crippen molar-refractivity contribution in [2.24, 2.45) is 0 Å². The number of amides is 1. The van der Waals surface area contributed by atoms with Gasteiger partial charge in [-0.05, 0) is 18.6 Å². The molecule has 0 saturated carbocycles. The summed E-state index contributed by atoms with van der Waals surface area (Å²) in [6.45, 7) is 6.01. The molecule has 2 saturated heterocycles. The summed E-state index contributed by atoms with van der Waals surface area (Å²) in [5.41, 5.74) is 1.75. The van der Waals surface area contributed by atoms with Crippen molar-refractivity contribution in [1.82, 2.24) is 20.3 Å². The number of benzene rings is 1. The molecule has 10 nitrogen and oxygen atoms in total. The third-order valence-corrected chi connectivity index (χ3v) is 7.19. The maximum absolute atomic E-state index is 11.8. The monoisotopic (exact) mass is 544 g/mol. The van der Waals surface area contributed by atoms with Crippen LogP contribution in [0.3, 0.4) is 0 Å². The Morgan fingerprint density at radius 3 is 2.46 bits per heavy atom. The van der Waals surface area contributed by atoms with Gasteiger partial charge in [0.25, 0.3) is 0 Å². The first-order valence-corrected chi connectivity index (χ1v) is 12.5. The molecule has 2 N–H and O–H groups in total. The molecular formula is C25H26Cl2N6O4. The topological polar surface area (TPSA) is 111 Å². The predicted octanol–water partition coefficient (Wildman–Crippen LogP) is 3.71. The van der Waals surface area contributed by atoms with Gasteiger partial charge >= 0.3 is 0 Å². The Labute approximate surface area is 223 Å². The van der Waals surface area contributed by atoms with Crippen LogP contribution in [0.2, 0.25) is 10.0 Å². The number of pyridine rings is 1. The first-order chi connectivity index (χ1) is 17.9. The van der Waals surface area contributed by atoms with Crippen LogP contribution in [-0.2, 0) is 9.53 Å². The maximum Gasteiger partial charge on any atom is 0.243 e. The smallest absolute Gasteiger partial charge is 0.243 e. The quantitative estimate of drug-likeness (QED) is 0.410. The molecule has 5 rings (SSSR count). The number of ether oxygens (including phenoxy) is 3. The lowest BCUT2D eigenvalue weighted by Crippen LogP contribution is -2.45. The van der Waals surface area contributed by atoms with Crippen LogP contribution in [0.4, 0.5) is 11.8 Å². The Morgan fingerprint density at radius 2 is 1.84 bits per heavy atom. The summed E-state index contributed by atoms with van der Waals surface area (Å²) in [7, 11) is 3.06. The highest BCUT2D eigenvalue weighted by atomic mass is 35.5. The average molecular weight is 545 g/mol. The highest BCUT2D eigenvalue weighted by Crippen LogP contribution is 2.46. The molecule has 2 aromatic heterocycles. The molecule has 1 aromatic carbocycles. The minimum atomic E-state index is -0.259. The van der Waals surface area contributed by atoms with Crippen LogP contribution in [0.5, 0.6) is 11.5 Å². The number of anilines is 2. The van der Waals surface area contributed by atoms with E-state index >= 15 is 0 Å². The summed E-state index contributed by atoms with van der Waals surface area (Å²) >= 11 is 13.4. The lowest BCUT2D eigenvalue weighted by molar-refractivity contribution is -0.117. The maximum atomic E-state index is 11.8. The minimum Gasteiger partial charge on any atom is -0.495 e. The number of carbonyl (C=O) groups is 1. The minimum absolute atomic E-state index is 0.192. The predicted molar refractivity (Wildman–Crippen MR) is 143 cm³/mol. The molecule has 2 atom stereocenters. The lowest BCUT2D eigenvalue weighted by Gasteiger charge is -2.33. The molecule has 1 unspecified atom stereocenters. The van der Waals surface area contributed by atoms with E-state index in [1.54, 1.807) is 12.3 Å². The molecule has 0 bridgehead atoms. The molecule has 0 aliphatic carbocycles. The van der Waals surface area contributed by atoms with E-state index < -0.39 is 0 Å². The molecule has 2 aliphatic rings. The van der Waals surface area contributed by atoms with Crippen molar-refractivity contribution in [2.75, 3.05) is 50.7 Å². The van der Waals surface area contributed by atoms with Crippen molar-refractivity contribution in [3.05, 3.63) is 41.0 Å². The molecule has 194 valence electrons. The standard InChI is InChI=1S/C25H26Cl2N6O4/c1-4-19(34)29-15-11-37-12-16(15)31-25-28-10-13-8-14(30-24(23(13)32-25)33-6-5-7-33)20-21(26)17(35-2)9-18(36-3)22(20)27/h4,8-10,15-16H,1,5-7,11-12H2,2-3H3,(H,29,34)(H,28,31,32)/t15-,16?/m0/s1. The first kappa shape index (κ1) is 25.3. The molecule has 1 amide bonds. The lowest BCUT2D eigenvalue weighted by atomic mass is 10.1. The Morgan fingerprint density at radius 1 is 1.14 bits per heavy atom. The average Bonchev–Trinajstić information content (AvgIpc) is 3.29. The number of nitrogens with one attached hydrogen (secondary N) is 2. The van der Waals surface area contributed by atoms with Crippen LogP contribution in [0, 0.1) is 0 Å². The van der Waals surface area contributed by atoms with Crippen LogP contribution < -0.4 is 25.0 Å². The number of carbonyl (C=O) groups excluding carboxylic acids is 1. The summed E-state index contributed by atoms with van der Waals surface area (Å²) < 4.78 is 16.4. The Bertz CT molecular complexity index is 1340. The number of hydrogen-bond donors (Lipinski definition) is 2. The summed E-state index contributed by atoms with van der Waals surface area (Å²) in [4.78, 5) is 28.2. The summed E-state index contributed by atoms with van der Waals surface area (Å²) in [6, 6.07) is 3.07. The molecule has 0 spiro atoms. The number of aromatic nitrogens is 3. The van der Waals surface area contributed by atoms with E-state index in [1.165, 1.54) is 20.3 Å². The zero-order valence-electron chi connectivity index (χ0n) is 20.4. The number of nitrogens with zero attached hydrogens (tertiary/aromatic N) is 4. The van der Waals surface area contributed by atoms with Crippen molar-refractivity contribution in [3.8, 4) is 22.8 Å². The summed E-state index contributed by atoms with van der Waals surface area (Å²) in [5, 5.41) is 7.61. The van der Waals surface area contributed by atoms with E-state index in [9.17, 15) is 4.79 Å². The van der Waals surface area contributed by atoms with Crippen molar-refractivity contribution in [2.45, 2.75) is 18.5 Å².